The van der Waals surface area contributed by atoms with Gasteiger partial charge in [-0.15, -0.1) is 10.2 Å². The summed E-state index contributed by atoms with van der Waals surface area (Å²) in [6.07, 6.45) is 0. The Kier molecular flexibility index (Phi) is 4.36. The Hall–Kier alpha value is -3.75. The smallest absolute Gasteiger partial charge is 0.299 e. The van der Waals surface area contributed by atoms with E-state index in [0.717, 1.165) is 23.8 Å². The summed E-state index contributed by atoms with van der Waals surface area (Å²) in [5.41, 5.74) is 1.48. The molecule has 2 aromatic carbocycles. The summed E-state index contributed by atoms with van der Waals surface area (Å²) in [5, 5.41) is 31.2. The maximum Gasteiger partial charge on any atom is 0.299 e. The number of nitrogens with one attached hydrogen (secondary N) is 1. The van der Waals surface area contributed by atoms with Crippen molar-refractivity contribution in [3.63, 3.8) is 0 Å². The number of hydrogen-bond donors (Lipinski definition) is 2. The summed E-state index contributed by atoms with van der Waals surface area (Å²) >= 11 is 0. The zero-order chi connectivity index (χ0) is 18.8. The predicted octanol–water partition coefficient (Wildman–Crippen LogP) is 3.81. The summed E-state index contributed by atoms with van der Waals surface area (Å²) in [6, 6.07) is 10.7. The number of aryl methyl sites for hydroxylation is 2. The number of phenolic OH excluding ortho intramolecular Hbond substituents is 1. The fourth-order valence-electron chi connectivity index (χ4n) is 2.34. The van der Waals surface area contributed by atoms with Crippen molar-refractivity contribution in [1.29, 1.82) is 0 Å². The maximum atomic E-state index is 12.6. The van der Waals surface area contributed by atoms with Crippen LogP contribution < -0.4 is 5.56 Å². The number of phenols is 1. The molecule has 2 N–H and O–H groups in total. The van der Waals surface area contributed by atoms with Gasteiger partial charge in [0.15, 0.2) is 5.69 Å². The number of nitro groups is 1. The van der Waals surface area contributed by atoms with Crippen LogP contribution in [0.25, 0.3) is 5.69 Å². The van der Waals surface area contributed by atoms with Crippen LogP contribution in [-0.4, -0.2) is 19.8 Å². The second-order valence-corrected chi connectivity index (χ2v) is 5.69. The molecule has 9 nitrogen and oxygen atoms in total. The highest BCUT2D eigenvalue weighted by molar-refractivity contribution is 5.57. The quantitative estimate of drug-likeness (QED) is 0.420. The zero-order valence-corrected chi connectivity index (χ0v) is 14.0. The van der Waals surface area contributed by atoms with Crippen molar-refractivity contribution in [3.8, 4) is 11.4 Å². The van der Waals surface area contributed by atoms with Gasteiger partial charge in [-0.2, -0.15) is 0 Å². The van der Waals surface area contributed by atoms with Crippen molar-refractivity contribution in [2.24, 2.45) is 10.2 Å². The summed E-state index contributed by atoms with van der Waals surface area (Å²) in [4.78, 5) is 22.8. The van der Waals surface area contributed by atoms with Crippen LogP contribution in [0.5, 0.6) is 5.75 Å². The molecule has 0 saturated carbocycles. The minimum absolute atomic E-state index is 0.0523. The molecular formula is C17H15N5O4. The van der Waals surface area contributed by atoms with E-state index in [1.807, 2.05) is 19.1 Å². The number of aromatic nitrogens is 2. The van der Waals surface area contributed by atoms with Crippen molar-refractivity contribution < 1.29 is 10.0 Å². The van der Waals surface area contributed by atoms with E-state index in [2.05, 4.69) is 15.3 Å². The maximum absolute atomic E-state index is 12.6. The molecule has 0 saturated heterocycles. The Morgan fingerprint density at radius 2 is 1.81 bits per heavy atom. The van der Waals surface area contributed by atoms with Gasteiger partial charge in [-0.05, 0) is 32.0 Å². The lowest BCUT2D eigenvalue weighted by Crippen LogP contribution is -2.13. The molecule has 3 rings (SSSR count). The van der Waals surface area contributed by atoms with Crippen molar-refractivity contribution in [3.05, 3.63) is 74.2 Å². The molecule has 0 spiro atoms. The Morgan fingerprint density at radius 3 is 2.46 bits per heavy atom. The highest BCUT2D eigenvalue weighted by Crippen LogP contribution is 2.31. The number of azo groups is 1. The van der Waals surface area contributed by atoms with E-state index >= 15 is 0 Å². The van der Waals surface area contributed by atoms with Gasteiger partial charge in [-0.3, -0.25) is 20.0 Å². The lowest BCUT2D eigenvalue weighted by Gasteiger charge is -2.01. The molecule has 0 radical (unpaired) electrons. The first-order valence-electron chi connectivity index (χ1n) is 7.64. The minimum atomic E-state index is -0.607. The largest absolute Gasteiger partial charge is 0.506 e. The van der Waals surface area contributed by atoms with Gasteiger partial charge in [0.25, 0.3) is 11.2 Å². The first kappa shape index (κ1) is 17.1. The van der Waals surface area contributed by atoms with Gasteiger partial charge in [0.05, 0.1) is 16.3 Å². The second-order valence-electron chi connectivity index (χ2n) is 5.69. The number of aromatic amines is 1. The molecule has 0 aliphatic carbocycles. The van der Waals surface area contributed by atoms with Gasteiger partial charge in [0.2, 0.25) is 0 Å². The molecule has 1 aromatic heterocycles. The van der Waals surface area contributed by atoms with E-state index < -0.39 is 10.5 Å². The monoisotopic (exact) mass is 353 g/mol. The number of non-ortho nitro benzene ring substituents is 1. The number of benzene rings is 2. The molecule has 0 aliphatic rings. The van der Waals surface area contributed by atoms with E-state index in [4.69, 9.17) is 0 Å². The van der Waals surface area contributed by atoms with Gasteiger partial charge in [0, 0.05) is 12.1 Å². The van der Waals surface area contributed by atoms with Gasteiger partial charge in [-0.1, -0.05) is 17.7 Å². The lowest BCUT2D eigenvalue weighted by molar-refractivity contribution is -0.384. The third kappa shape index (κ3) is 3.22. The highest BCUT2D eigenvalue weighted by atomic mass is 16.6. The number of aromatic hydroxyl groups is 1. The Balaban J connectivity index is 2.00. The summed E-state index contributed by atoms with van der Waals surface area (Å²) in [7, 11) is 0. The second kappa shape index (κ2) is 6.63. The van der Waals surface area contributed by atoms with Crippen molar-refractivity contribution in [2.45, 2.75) is 13.8 Å². The standard InChI is InChI=1S/C17H15N5O4/c1-10-3-5-12(6-4-10)21-17(24)16(11(2)20-21)19-18-14-9-13(22(25)26)7-8-15(14)23/h3-9,20,23H,1-2H3. The van der Waals surface area contributed by atoms with E-state index in [1.165, 1.54) is 4.68 Å². The van der Waals surface area contributed by atoms with Crippen LogP contribution in [-0.2, 0) is 0 Å². The van der Waals surface area contributed by atoms with E-state index in [0.29, 0.717) is 11.4 Å². The number of nitrogens with zero attached hydrogens (tertiary/aromatic N) is 4. The fraction of sp³-hybridized carbons (Fsp3) is 0.118. The van der Waals surface area contributed by atoms with Crippen LogP contribution in [0, 0.1) is 24.0 Å². The number of nitro benzene ring substituents is 1. The topological polar surface area (TPSA) is 126 Å². The highest BCUT2D eigenvalue weighted by Gasteiger charge is 2.14. The Labute approximate surface area is 147 Å². The van der Waals surface area contributed by atoms with E-state index in [-0.39, 0.29) is 22.8 Å². The molecule has 26 heavy (non-hydrogen) atoms. The van der Waals surface area contributed by atoms with Gasteiger partial charge >= 0.3 is 0 Å². The average molecular weight is 353 g/mol. The van der Waals surface area contributed by atoms with Crippen molar-refractivity contribution >= 4 is 17.1 Å². The van der Waals surface area contributed by atoms with Crippen LogP contribution in [0.1, 0.15) is 11.3 Å². The van der Waals surface area contributed by atoms with Crippen LogP contribution in [0.4, 0.5) is 17.1 Å². The molecule has 0 unspecified atom stereocenters. The molecule has 1 heterocycles. The fourth-order valence-corrected chi connectivity index (χ4v) is 2.34. The number of hydrogen-bond acceptors (Lipinski definition) is 6. The molecule has 9 heteroatoms. The van der Waals surface area contributed by atoms with Gasteiger partial charge in [0.1, 0.15) is 11.4 Å². The summed E-state index contributed by atoms with van der Waals surface area (Å²) in [6.45, 7) is 3.60. The van der Waals surface area contributed by atoms with Gasteiger partial charge in [-0.25, -0.2) is 4.68 Å². The Morgan fingerprint density at radius 1 is 1.12 bits per heavy atom. The minimum Gasteiger partial charge on any atom is -0.506 e. The van der Waals surface area contributed by atoms with Crippen LogP contribution >= 0.6 is 0 Å². The molecule has 132 valence electrons. The van der Waals surface area contributed by atoms with Gasteiger partial charge < -0.3 is 5.11 Å². The predicted molar refractivity (Wildman–Crippen MR) is 94.8 cm³/mol. The van der Waals surface area contributed by atoms with E-state index in [9.17, 15) is 20.0 Å². The number of rotatable bonds is 4. The molecular weight excluding hydrogens is 338 g/mol. The molecule has 3 aromatic rings. The van der Waals surface area contributed by atoms with Crippen LogP contribution in [0.2, 0.25) is 0 Å². The zero-order valence-electron chi connectivity index (χ0n) is 14.0. The van der Waals surface area contributed by atoms with Crippen LogP contribution in [0.15, 0.2) is 57.5 Å². The van der Waals surface area contributed by atoms with Crippen LogP contribution in [0.3, 0.4) is 0 Å². The first-order valence-corrected chi connectivity index (χ1v) is 7.64. The summed E-state index contributed by atoms with van der Waals surface area (Å²) in [5.74, 6) is -0.272. The lowest BCUT2D eigenvalue weighted by atomic mass is 10.2. The molecule has 0 aliphatic heterocycles. The van der Waals surface area contributed by atoms with Crippen molar-refractivity contribution in [1.82, 2.24) is 9.78 Å². The first-order chi connectivity index (χ1) is 12.4. The molecule has 0 bridgehead atoms. The third-order valence-corrected chi connectivity index (χ3v) is 3.76. The average Bonchev–Trinajstić information content (AvgIpc) is 2.89. The Bertz CT molecular complexity index is 1060. The van der Waals surface area contributed by atoms with E-state index in [1.54, 1.807) is 19.1 Å². The molecule has 0 fully saturated rings. The van der Waals surface area contributed by atoms with Crippen molar-refractivity contribution in [2.75, 3.05) is 0 Å². The summed E-state index contributed by atoms with van der Waals surface area (Å²) < 4.78 is 1.33. The third-order valence-electron chi connectivity index (χ3n) is 3.76. The SMILES string of the molecule is Cc1ccc(-n2[nH]c(C)c(N=Nc3cc([N+](=O)[O-])ccc3O)c2=O)cc1. The normalized spacial score (nSPS) is 11.2. The number of H-pyrrole nitrogens is 1. The molecule has 0 amide bonds. The molecule has 0 atom stereocenters.